The SMILES string of the molecule is CCCc1nc(CCC(=O)O)n[nH]1. The molecular weight excluding hydrogens is 170 g/mol. The molecule has 1 aromatic heterocycles. The van der Waals surface area contributed by atoms with Crippen molar-refractivity contribution in [2.75, 3.05) is 0 Å². The number of carboxylic acids is 1. The van der Waals surface area contributed by atoms with E-state index in [9.17, 15) is 4.79 Å². The third-order valence-electron chi connectivity index (χ3n) is 1.63. The highest BCUT2D eigenvalue weighted by molar-refractivity contribution is 5.66. The van der Waals surface area contributed by atoms with Crippen LogP contribution in [0.4, 0.5) is 0 Å². The molecule has 0 aliphatic carbocycles. The smallest absolute Gasteiger partial charge is 0.303 e. The normalized spacial score (nSPS) is 10.2. The van der Waals surface area contributed by atoms with E-state index in [-0.39, 0.29) is 6.42 Å². The number of aromatic amines is 1. The van der Waals surface area contributed by atoms with Crippen molar-refractivity contribution in [2.45, 2.75) is 32.6 Å². The number of aryl methyl sites for hydroxylation is 2. The average molecular weight is 183 g/mol. The predicted molar refractivity (Wildman–Crippen MR) is 46.3 cm³/mol. The molecule has 1 heterocycles. The van der Waals surface area contributed by atoms with Crippen molar-refractivity contribution in [3.05, 3.63) is 11.6 Å². The zero-order valence-electron chi connectivity index (χ0n) is 7.58. The van der Waals surface area contributed by atoms with E-state index in [0.29, 0.717) is 12.2 Å². The number of nitrogens with zero attached hydrogens (tertiary/aromatic N) is 2. The van der Waals surface area contributed by atoms with Gasteiger partial charge in [0.05, 0.1) is 6.42 Å². The molecule has 2 N–H and O–H groups in total. The molecule has 0 aliphatic rings. The Morgan fingerprint density at radius 1 is 1.54 bits per heavy atom. The molecule has 0 saturated heterocycles. The van der Waals surface area contributed by atoms with Crippen LogP contribution in [-0.2, 0) is 17.6 Å². The van der Waals surface area contributed by atoms with E-state index in [1.165, 1.54) is 0 Å². The van der Waals surface area contributed by atoms with Gasteiger partial charge in [0.25, 0.3) is 0 Å². The third kappa shape index (κ3) is 3.23. The molecule has 5 heteroatoms. The van der Waals surface area contributed by atoms with E-state index < -0.39 is 5.97 Å². The molecule has 0 spiro atoms. The quantitative estimate of drug-likeness (QED) is 0.706. The van der Waals surface area contributed by atoms with Crippen LogP contribution >= 0.6 is 0 Å². The molecule has 0 atom stereocenters. The van der Waals surface area contributed by atoms with E-state index >= 15 is 0 Å². The van der Waals surface area contributed by atoms with Crippen molar-refractivity contribution >= 4 is 5.97 Å². The topological polar surface area (TPSA) is 78.9 Å². The van der Waals surface area contributed by atoms with Gasteiger partial charge in [0.15, 0.2) is 5.82 Å². The first-order valence-corrected chi connectivity index (χ1v) is 4.34. The first-order chi connectivity index (χ1) is 6.22. The summed E-state index contributed by atoms with van der Waals surface area (Å²) in [4.78, 5) is 14.4. The molecule has 0 fully saturated rings. The van der Waals surface area contributed by atoms with Crippen LogP contribution in [0.3, 0.4) is 0 Å². The average Bonchev–Trinajstić information content (AvgIpc) is 2.50. The highest BCUT2D eigenvalue weighted by Gasteiger charge is 2.04. The number of hydrogen-bond donors (Lipinski definition) is 2. The van der Waals surface area contributed by atoms with E-state index in [1.54, 1.807) is 0 Å². The molecule has 0 radical (unpaired) electrons. The maximum Gasteiger partial charge on any atom is 0.303 e. The number of aromatic nitrogens is 3. The minimum Gasteiger partial charge on any atom is -0.481 e. The van der Waals surface area contributed by atoms with Gasteiger partial charge in [0, 0.05) is 12.8 Å². The first kappa shape index (κ1) is 9.70. The number of carboxylic acid groups (broad SMARTS) is 1. The highest BCUT2D eigenvalue weighted by atomic mass is 16.4. The van der Waals surface area contributed by atoms with E-state index in [0.717, 1.165) is 18.7 Å². The number of nitrogens with one attached hydrogen (secondary N) is 1. The molecule has 0 unspecified atom stereocenters. The lowest BCUT2D eigenvalue weighted by Gasteiger charge is -1.89. The van der Waals surface area contributed by atoms with Crippen molar-refractivity contribution in [3.63, 3.8) is 0 Å². The second-order valence-corrected chi connectivity index (χ2v) is 2.84. The summed E-state index contributed by atoms with van der Waals surface area (Å²) in [5.74, 6) is 0.607. The fraction of sp³-hybridized carbons (Fsp3) is 0.625. The van der Waals surface area contributed by atoms with E-state index in [4.69, 9.17) is 5.11 Å². The summed E-state index contributed by atoms with van der Waals surface area (Å²) in [7, 11) is 0. The fourth-order valence-corrected chi connectivity index (χ4v) is 1.01. The monoisotopic (exact) mass is 183 g/mol. The fourth-order valence-electron chi connectivity index (χ4n) is 1.01. The van der Waals surface area contributed by atoms with Crippen molar-refractivity contribution in [3.8, 4) is 0 Å². The molecule has 72 valence electrons. The Balaban J connectivity index is 2.44. The van der Waals surface area contributed by atoms with Gasteiger partial charge in [-0.3, -0.25) is 9.89 Å². The lowest BCUT2D eigenvalue weighted by atomic mass is 10.3. The van der Waals surface area contributed by atoms with Crippen LogP contribution in [0.2, 0.25) is 0 Å². The minimum atomic E-state index is -0.818. The van der Waals surface area contributed by atoms with Crippen molar-refractivity contribution in [1.82, 2.24) is 15.2 Å². The number of rotatable bonds is 5. The maximum atomic E-state index is 10.2. The van der Waals surface area contributed by atoms with Crippen LogP contribution < -0.4 is 0 Å². The second kappa shape index (κ2) is 4.59. The van der Waals surface area contributed by atoms with Crippen LogP contribution in [0.25, 0.3) is 0 Å². The molecule has 0 saturated carbocycles. The van der Waals surface area contributed by atoms with Crippen molar-refractivity contribution < 1.29 is 9.90 Å². The molecule has 1 rings (SSSR count). The maximum absolute atomic E-state index is 10.2. The van der Waals surface area contributed by atoms with E-state index in [1.807, 2.05) is 0 Å². The zero-order valence-corrected chi connectivity index (χ0v) is 7.58. The summed E-state index contributed by atoms with van der Waals surface area (Å²) in [5, 5.41) is 15.1. The van der Waals surface area contributed by atoms with Gasteiger partial charge >= 0.3 is 5.97 Å². The third-order valence-corrected chi connectivity index (χ3v) is 1.63. The van der Waals surface area contributed by atoms with Crippen LogP contribution in [0.15, 0.2) is 0 Å². The predicted octanol–water partition coefficient (Wildman–Crippen LogP) is 0.774. The summed E-state index contributed by atoms with van der Waals surface area (Å²) in [5.41, 5.74) is 0. The van der Waals surface area contributed by atoms with E-state index in [2.05, 4.69) is 22.1 Å². The van der Waals surface area contributed by atoms with Gasteiger partial charge in [0.2, 0.25) is 0 Å². The second-order valence-electron chi connectivity index (χ2n) is 2.84. The summed E-state index contributed by atoms with van der Waals surface area (Å²) in [6, 6.07) is 0. The lowest BCUT2D eigenvalue weighted by Crippen LogP contribution is -1.98. The van der Waals surface area contributed by atoms with Crippen LogP contribution in [0, 0.1) is 0 Å². The summed E-state index contributed by atoms with van der Waals surface area (Å²) >= 11 is 0. The molecule has 1 aromatic rings. The largest absolute Gasteiger partial charge is 0.481 e. The molecule has 0 aliphatic heterocycles. The van der Waals surface area contributed by atoms with Crippen molar-refractivity contribution in [1.29, 1.82) is 0 Å². The summed E-state index contributed by atoms with van der Waals surface area (Å²) < 4.78 is 0. The Hall–Kier alpha value is -1.39. The van der Waals surface area contributed by atoms with Gasteiger partial charge in [-0.05, 0) is 6.42 Å². The Morgan fingerprint density at radius 2 is 2.31 bits per heavy atom. The summed E-state index contributed by atoms with van der Waals surface area (Å²) in [6.07, 6.45) is 2.35. The Morgan fingerprint density at radius 3 is 2.92 bits per heavy atom. The molecular formula is C8H13N3O2. The van der Waals surface area contributed by atoms with Gasteiger partial charge in [-0.15, -0.1) is 0 Å². The van der Waals surface area contributed by atoms with Crippen LogP contribution in [0.5, 0.6) is 0 Å². The van der Waals surface area contributed by atoms with Gasteiger partial charge in [-0.1, -0.05) is 6.92 Å². The molecule has 13 heavy (non-hydrogen) atoms. The van der Waals surface area contributed by atoms with Gasteiger partial charge in [0.1, 0.15) is 5.82 Å². The van der Waals surface area contributed by atoms with Gasteiger partial charge in [-0.2, -0.15) is 5.10 Å². The summed E-state index contributed by atoms with van der Waals surface area (Å²) in [6.45, 7) is 2.06. The Labute approximate surface area is 76.2 Å². The molecule has 0 aromatic carbocycles. The van der Waals surface area contributed by atoms with Crippen LogP contribution in [0.1, 0.15) is 31.4 Å². The number of aliphatic carboxylic acids is 1. The van der Waals surface area contributed by atoms with Crippen LogP contribution in [-0.4, -0.2) is 26.3 Å². The Bertz CT molecular complexity index is 283. The molecule has 5 nitrogen and oxygen atoms in total. The number of carbonyl (C=O) groups is 1. The standard InChI is InChI=1S/C8H13N3O2/c1-2-3-6-9-7(11-10-6)4-5-8(12)13/h2-5H2,1H3,(H,12,13)(H,9,10,11). The molecule has 0 bridgehead atoms. The minimum absolute atomic E-state index is 0.0867. The zero-order chi connectivity index (χ0) is 9.68. The number of hydrogen-bond acceptors (Lipinski definition) is 3. The van der Waals surface area contributed by atoms with Gasteiger partial charge in [-0.25, -0.2) is 4.98 Å². The Kier molecular flexibility index (Phi) is 3.42. The first-order valence-electron chi connectivity index (χ1n) is 4.34. The number of H-pyrrole nitrogens is 1. The highest BCUT2D eigenvalue weighted by Crippen LogP contribution is 1.99. The molecule has 0 amide bonds. The lowest BCUT2D eigenvalue weighted by molar-refractivity contribution is -0.137. The van der Waals surface area contributed by atoms with Crippen molar-refractivity contribution in [2.24, 2.45) is 0 Å². The van der Waals surface area contributed by atoms with Gasteiger partial charge < -0.3 is 5.11 Å².